The quantitative estimate of drug-likeness (QED) is 0.836. The lowest BCUT2D eigenvalue weighted by molar-refractivity contribution is 0.0742. The second kappa shape index (κ2) is 5.32. The standard InChI is InChI=1S/C13H20N2O/c1-11-4-2-3-5-13(11)15-8-6-12(10-15)16-9-7-14/h2-5,12H,6-10,14H2,1H3/t12-/m0/s1. The Morgan fingerprint density at radius 2 is 2.25 bits per heavy atom. The molecule has 1 aromatic rings. The van der Waals surface area contributed by atoms with E-state index < -0.39 is 0 Å². The van der Waals surface area contributed by atoms with Crippen LogP contribution < -0.4 is 10.6 Å². The third kappa shape index (κ3) is 2.54. The Morgan fingerprint density at radius 1 is 1.44 bits per heavy atom. The van der Waals surface area contributed by atoms with Crippen LogP contribution in [0.2, 0.25) is 0 Å². The van der Waals surface area contributed by atoms with Crippen molar-refractivity contribution in [3.05, 3.63) is 29.8 Å². The molecule has 3 nitrogen and oxygen atoms in total. The van der Waals surface area contributed by atoms with E-state index >= 15 is 0 Å². The van der Waals surface area contributed by atoms with Crippen LogP contribution in [0, 0.1) is 6.92 Å². The highest BCUT2D eigenvalue weighted by molar-refractivity contribution is 5.53. The SMILES string of the molecule is Cc1ccccc1N1CC[C@H](OCCN)C1. The fourth-order valence-electron chi connectivity index (χ4n) is 2.24. The molecule has 0 amide bonds. The minimum Gasteiger partial charge on any atom is -0.375 e. The van der Waals surface area contributed by atoms with Crippen molar-refractivity contribution in [2.45, 2.75) is 19.4 Å². The summed E-state index contributed by atoms with van der Waals surface area (Å²) in [5, 5.41) is 0. The van der Waals surface area contributed by atoms with Gasteiger partial charge in [-0.25, -0.2) is 0 Å². The predicted molar refractivity (Wildman–Crippen MR) is 66.8 cm³/mol. The largest absolute Gasteiger partial charge is 0.375 e. The zero-order chi connectivity index (χ0) is 11.4. The molecule has 0 radical (unpaired) electrons. The van der Waals surface area contributed by atoms with Crippen molar-refractivity contribution in [2.24, 2.45) is 5.73 Å². The summed E-state index contributed by atoms with van der Waals surface area (Å²) >= 11 is 0. The number of nitrogens with zero attached hydrogens (tertiary/aromatic N) is 1. The molecule has 1 aliphatic rings. The fourth-order valence-corrected chi connectivity index (χ4v) is 2.24. The first-order valence-electron chi connectivity index (χ1n) is 5.93. The van der Waals surface area contributed by atoms with Crippen LogP contribution in [0.15, 0.2) is 24.3 Å². The van der Waals surface area contributed by atoms with Crippen molar-refractivity contribution in [3.63, 3.8) is 0 Å². The molecule has 1 atom stereocenters. The average Bonchev–Trinajstić information content (AvgIpc) is 2.75. The molecular weight excluding hydrogens is 200 g/mol. The maximum Gasteiger partial charge on any atom is 0.0767 e. The van der Waals surface area contributed by atoms with Crippen LogP contribution in [0.25, 0.3) is 0 Å². The Morgan fingerprint density at radius 3 is 3.00 bits per heavy atom. The van der Waals surface area contributed by atoms with Crippen LogP contribution in [0.5, 0.6) is 0 Å². The molecule has 0 bridgehead atoms. The van der Waals surface area contributed by atoms with Gasteiger partial charge < -0.3 is 15.4 Å². The van der Waals surface area contributed by atoms with Crippen LogP contribution in [0.4, 0.5) is 5.69 Å². The summed E-state index contributed by atoms with van der Waals surface area (Å²) in [6.07, 6.45) is 1.46. The van der Waals surface area contributed by atoms with E-state index in [4.69, 9.17) is 10.5 Å². The second-order valence-electron chi connectivity index (χ2n) is 4.30. The van der Waals surface area contributed by atoms with Crippen molar-refractivity contribution >= 4 is 5.69 Å². The Balaban J connectivity index is 1.96. The minimum absolute atomic E-state index is 0.350. The molecule has 2 N–H and O–H groups in total. The van der Waals surface area contributed by atoms with Crippen molar-refractivity contribution in [1.29, 1.82) is 0 Å². The maximum absolute atomic E-state index is 5.68. The number of anilines is 1. The number of para-hydroxylation sites is 1. The Labute approximate surface area is 97.2 Å². The molecule has 1 aromatic carbocycles. The van der Waals surface area contributed by atoms with E-state index in [9.17, 15) is 0 Å². The van der Waals surface area contributed by atoms with Crippen LogP contribution in [-0.2, 0) is 4.74 Å². The Hall–Kier alpha value is -1.06. The third-order valence-corrected chi connectivity index (χ3v) is 3.07. The molecule has 16 heavy (non-hydrogen) atoms. The molecule has 0 saturated carbocycles. The fraction of sp³-hybridized carbons (Fsp3) is 0.538. The lowest BCUT2D eigenvalue weighted by atomic mass is 10.2. The normalized spacial score (nSPS) is 20.4. The summed E-state index contributed by atoms with van der Waals surface area (Å²) in [7, 11) is 0. The number of hydrogen-bond donors (Lipinski definition) is 1. The molecule has 2 rings (SSSR count). The topological polar surface area (TPSA) is 38.5 Å². The van der Waals surface area contributed by atoms with Crippen LogP contribution in [0.3, 0.4) is 0 Å². The molecule has 1 saturated heterocycles. The summed E-state index contributed by atoms with van der Waals surface area (Å²) in [6.45, 7) is 5.52. The number of nitrogens with two attached hydrogens (primary N) is 1. The van der Waals surface area contributed by atoms with Crippen LogP contribution >= 0.6 is 0 Å². The lowest BCUT2D eigenvalue weighted by Crippen LogP contribution is -2.24. The van der Waals surface area contributed by atoms with E-state index in [0.717, 1.165) is 19.5 Å². The van der Waals surface area contributed by atoms with Crippen molar-refractivity contribution < 1.29 is 4.74 Å². The van der Waals surface area contributed by atoms with Gasteiger partial charge in [0.15, 0.2) is 0 Å². The highest BCUT2D eigenvalue weighted by Gasteiger charge is 2.23. The van der Waals surface area contributed by atoms with Crippen LogP contribution in [-0.4, -0.2) is 32.3 Å². The maximum atomic E-state index is 5.68. The molecule has 0 aromatic heterocycles. The Bertz CT molecular complexity index is 340. The zero-order valence-electron chi connectivity index (χ0n) is 9.86. The first kappa shape index (κ1) is 11.4. The molecule has 88 valence electrons. The number of rotatable bonds is 4. The van der Waals surface area contributed by atoms with E-state index in [0.29, 0.717) is 19.3 Å². The highest BCUT2D eigenvalue weighted by atomic mass is 16.5. The Kier molecular flexibility index (Phi) is 3.80. The molecule has 3 heteroatoms. The predicted octanol–water partition coefficient (Wildman–Crippen LogP) is 1.55. The molecule has 1 heterocycles. The first-order chi connectivity index (χ1) is 7.81. The van der Waals surface area contributed by atoms with E-state index in [1.54, 1.807) is 0 Å². The monoisotopic (exact) mass is 220 g/mol. The molecule has 0 spiro atoms. The molecule has 1 fully saturated rings. The van der Waals surface area contributed by atoms with Gasteiger partial charge in [0.1, 0.15) is 0 Å². The average molecular weight is 220 g/mol. The number of hydrogen-bond acceptors (Lipinski definition) is 3. The van der Waals surface area contributed by atoms with Gasteiger partial charge in [0.2, 0.25) is 0 Å². The lowest BCUT2D eigenvalue weighted by Gasteiger charge is -2.20. The van der Waals surface area contributed by atoms with Gasteiger partial charge in [-0.05, 0) is 25.0 Å². The van der Waals surface area contributed by atoms with Crippen molar-refractivity contribution in [3.8, 4) is 0 Å². The highest BCUT2D eigenvalue weighted by Crippen LogP contribution is 2.24. The van der Waals surface area contributed by atoms with Gasteiger partial charge in [-0.2, -0.15) is 0 Å². The smallest absolute Gasteiger partial charge is 0.0767 e. The van der Waals surface area contributed by atoms with Gasteiger partial charge in [-0.3, -0.25) is 0 Å². The second-order valence-corrected chi connectivity index (χ2v) is 4.30. The molecule has 0 unspecified atom stereocenters. The minimum atomic E-state index is 0.350. The summed E-state index contributed by atoms with van der Waals surface area (Å²) in [6, 6.07) is 8.51. The molecular formula is C13H20N2O. The van der Waals surface area contributed by atoms with E-state index in [-0.39, 0.29) is 0 Å². The van der Waals surface area contributed by atoms with Gasteiger partial charge >= 0.3 is 0 Å². The van der Waals surface area contributed by atoms with Crippen molar-refractivity contribution in [1.82, 2.24) is 0 Å². The number of aryl methyl sites for hydroxylation is 1. The summed E-state index contributed by atoms with van der Waals surface area (Å²) in [5.41, 5.74) is 8.11. The summed E-state index contributed by atoms with van der Waals surface area (Å²) < 4.78 is 5.68. The van der Waals surface area contributed by atoms with Gasteiger partial charge in [0.05, 0.1) is 12.7 Å². The van der Waals surface area contributed by atoms with E-state index in [2.05, 4.69) is 36.1 Å². The van der Waals surface area contributed by atoms with Gasteiger partial charge in [0.25, 0.3) is 0 Å². The molecule has 1 aliphatic heterocycles. The van der Waals surface area contributed by atoms with Crippen LogP contribution in [0.1, 0.15) is 12.0 Å². The summed E-state index contributed by atoms with van der Waals surface area (Å²) in [4.78, 5) is 2.40. The van der Waals surface area contributed by atoms with E-state index in [1.807, 2.05) is 0 Å². The van der Waals surface area contributed by atoms with Crippen molar-refractivity contribution in [2.75, 3.05) is 31.1 Å². The third-order valence-electron chi connectivity index (χ3n) is 3.07. The first-order valence-corrected chi connectivity index (χ1v) is 5.93. The van der Waals surface area contributed by atoms with Gasteiger partial charge in [0, 0.05) is 25.3 Å². The van der Waals surface area contributed by atoms with Gasteiger partial charge in [-0.1, -0.05) is 18.2 Å². The van der Waals surface area contributed by atoms with E-state index in [1.165, 1.54) is 11.3 Å². The number of benzene rings is 1. The summed E-state index contributed by atoms with van der Waals surface area (Å²) in [5.74, 6) is 0. The zero-order valence-corrected chi connectivity index (χ0v) is 9.86. The molecule has 0 aliphatic carbocycles. The number of ether oxygens (including phenoxy) is 1. The van der Waals surface area contributed by atoms with Gasteiger partial charge in [-0.15, -0.1) is 0 Å².